The highest BCUT2D eigenvalue weighted by molar-refractivity contribution is 6.01. The molecule has 17 heavy (non-hydrogen) atoms. The summed E-state index contributed by atoms with van der Waals surface area (Å²) in [5, 5.41) is 0. The molecule has 92 valence electrons. The molecule has 0 amide bonds. The van der Waals surface area contributed by atoms with Gasteiger partial charge in [-0.05, 0) is 31.2 Å². The third kappa shape index (κ3) is 3.86. The molecule has 0 N–H and O–H groups in total. The summed E-state index contributed by atoms with van der Waals surface area (Å²) in [4.78, 5) is 33.4. The summed E-state index contributed by atoms with van der Waals surface area (Å²) >= 11 is 0. The molecule has 0 bridgehead atoms. The highest BCUT2D eigenvalue weighted by Gasteiger charge is 2.33. The average molecular weight is 238 g/mol. The Morgan fingerprint density at radius 1 is 1.29 bits per heavy atom. The number of ether oxygens (including phenoxy) is 2. The Labute approximate surface area is 99.1 Å². The van der Waals surface area contributed by atoms with Gasteiger partial charge in [-0.25, -0.2) is 0 Å². The number of ketones is 1. The van der Waals surface area contributed by atoms with Crippen molar-refractivity contribution in [1.29, 1.82) is 0 Å². The predicted molar refractivity (Wildman–Crippen MR) is 59.0 cm³/mol. The Morgan fingerprint density at radius 3 is 2.35 bits per heavy atom. The van der Waals surface area contributed by atoms with Crippen LogP contribution in [0.15, 0.2) is 24.3 Å². The summed E-state index contributed by atoms with van der Waals surface area (Å²) in [6.07, 6.45) is 5.19. The number of rotatable bonds is 4. The van der Waals surface area contributed by atoms with Crippen molar-refractivity contribution in [2.45, 2.75) is 25.9 Å². The number of esters is 2. The first kappa shape index (κ1) is 13.2. The number of carbonyl (C=O) groups is 3. The molecule has 0 unspecified atom stereocenters. The Hall–Kier alpha value is -1.91. The average Bonchev–Trinajstić information content (AvgIpc) is 2.22. The summed E-state index contributed by atoms with van der Waals surface area (Å²) in [6, 6.07) is 0. The molecule has 1 aliphatic rings. The van der Waals surface area contributed by atoms with Crippen molar-refractivity contribution >= 4 is 17.7 Å². The fourth-order valence-electron chi connectivity index (χ4n) is 1.48. The lowest BCUT2D eigenvalue weighted by Gasteiger charge is -2.27. The Bertz CT molecular complexity index is 376. The van der Waals surface area contributed by atoms with Crippen LogP contribution in [0.3, 0.4) is 0 Å². The van der Waals surface area contributed by atoms with Crippen molar-refractivity contribution in [2.75, 3.05) is 6.61 Å². The fraction of sp³-hybridized carbons (Fsp3) is 0.417. The van der Waals surface area contributed by atoms with E-state index in [0.29, 0.717) is 0 Å². The minimum absolute atomic E-state index is 0.138. The van der Waals surface area contributed by atoms with Crippen molar-refractivity contribution in [3.63, 3.8) is 0 Å². The van der Waals surface area contributed by atoms with E-state index in [-0.39, 0.29) is 18.8 Å². The molecule has 0 aromatic rings. The molecule has 0 aromatic carbocycles. The summed E-state index contributed by atoms with van der Waals surface area (Å²) in [5.41, 5.74) is -1.20. The van der Waals surface area contributed by atoms with Gasteiger partial charge in [0.25, 0.3) is 0 Å². The minimum atomic E-state index is -1.20. The van der Waals surface area contributed by atoms with Crippen LogP contribution in [0.5, 0.6) is 0 Å². The molecule has 0 saturated heterocycles. The number of allylic oxidation sites excluding steroid dienone is 2. The van der Waals surface area contributed by atoms with Crippen LogP contribution in [0, 0.1) is 0 Å². The van der Waals surface area contributed by atoms with Crippen molar-refractivity contribution in [3.05, 3.63) is 24.3 Å². The third-order valence-corrected chi connectivity index (χ3v) is 2.12. The molecule has 0 radical (unpaired) electrons. The Morgan fingerprint density at radius 2 is 1.88 bits per heavy atom. The SMILES string of the molecule is CCOC(=O)CC1(OC(C)=O)C=CC(=O)C=C1. The van der Waals surface area contributed by atoms with Gasteiger partial charge in [-0.3, -0.25) is 14.4 Å². The highest BCUT2D eigenvalue weighted by Crippen LogP contribution is 2.24. The quantitative estimate of drug-likeness (QED) is 0.681. The van der Waals surface area contributed by atoms with Crippen molar-refractivity contribution in [2.24, 2.45) is 0 Å². The number of carbonyl (C=O) groups excluding carboxylic acids is 3. The summed E-state index contributed by atoms with van der Waals surface area (Å²) in [6.45, 7) is 3.18. The molecule has 0 spiro atoms. The first-order valence-electron chi connectivity index (χ1n) is 5.25. The smallest absolute Gasteiger partial charge is 0.310 e. The summed E-state index contributed by atoms with van der Waals surface area (Å²) < 4.78 is 9.87. The highest BCUT2D eigenvalue weighted by atomic mass is 16.6. The van der Waals surface area contributed by atoms with Crippen molar-refractivity contribution < 1.29 is 23.9 Å². The number of hydrogen-bond donors (Lipinski definition) is 0. The van der Waals surface area contributed by atoms with E-state index in [1.54, 1.807) is 6.92 Å². The van der Waals surface area contributed by atoms with Crippen molar-refractivity contribution in [1.82, 2.24) is 0 Å². The van der Waals surface area contributed by atoms with Crippen molar-refractivity contribution in [3.8, 4) is 0 Å². The van der Waals surface area contributed by atoms with Crippen LogP contribution in [0.4, 0.5) is 0 Å². The Balaban J connectivity index is 2.84. The van der Waals surface area contributed by atoms with Crippen LogP contribution < -0.4 is 0 Å². The van der Waals surface area contributed by atoms with E-state index >= 15 is 0 Å². The molecule has 1 rings (SSSR count). The molecule has 0 heterocycles. The van der Waals surface area contributed by atoms with E-state index in [1.165, 1.54) is 31.2 Å². The monoisotopic (exact) mass is 238 g/mol. The van der Waals surface area contributed by atoms with Gasteiger partial charge in [-0.15, -0.1) is 0 Å². The lowest BCUT2D eigenvalue weighted by atomic mass is 9.93. The molecule has 0 aliphatic heterocycles. The van der Waals surface area contributed by atoms with E-state index in [1.807, 2.05) is 0 Å². The van der Waals surface area contributed by atoms with Gasteiger partial charge in [0.1, 0.15) is 0 Å². The second kappa shape index (κ2) is 5.43. The molecule has 5 heteroatoms. The largest absolute Gasteiger partial charge is 0.466 e. The van der Waals surface area contributed by atoms with E-state index < -0.39 is 17.5 Å². The van der Waals surface area contributed by atoms with Crippen LogP contribution in [0.25, 0.3) is 0 Å². The second-order valence-electron chi connectivity index (χ2n) is 3.60. The maximum Gasteiger partial charge on any atom is 0.310 e. The van der Waals surface area contributed by atoms with Gasteiger partial charge in [0.15, 0.2) is 11.4 Å². The molecule has 0 fully saturated rings. The van der Waals surface area contributed by atoms with Gasteiger partial charge in [-0.1, -0.05) is 0 Å². The first-order chi connectivity index (χ1) is 7.97. The lowest BCUT2D eigenvalue weighted by Crippen LogP contribution is -2.35. The summed E-state index contributed by atoms with van der Waals surface area (Å²) in [5.74, 6) is -1.23. The maximum absolute atomic E-state index is 11.4. The third-order valence-electron chi connectivity index (χ3n) is 2.12. The molecule has 0 atom stereocenters. The molecule has 0 aromatic heterocycles. The van der Waals surface area contributed by atoms with Crippen LogP contribution in [0.1, 0.15) is 20.3 Å². The van der Waals surface area contributed by atoms with Crippen LogP contribution in [-0.2, 0) is 23.9 Å². The zero-order valence-electron chi connectivity index (χ0n) is 9.76. The zero-order chi connectivity index (χ0) is 12.9. The van der Waals surface area contributed by atoms with Gasteiger partial charge in [0.05, 0.1) is 13.0 Å². The molecular weight excluding hydrogens is 224 g/mol. The van der Waals surface area contributed by atoms with Gasteiger partial charge < -0.3 is 9.47 Å². The standard InChI is InChI=1S/C12H14O5/c1-3-16-11(15)8-12(17-9(2)13)6-4-10(14)5-7-12/h4-7H,3,8H2,1-2H3. The van der Waals surface area contributed by atoms with Crippen LogP contribution in [-0.4, -0.2) is 29.9 Å². The minimum Gasteiger partial charge on any atom is -0.466 e. The van der Waals surface area contributed by atoms with Gasteiger partial charge in [0, 0.05) is 6.92 Å². The molecule has 1 aliphatic carbocycles. The second-order valence-corrected chi connectivity index (χ2v) is 3.60. The first-order valence-corrected chi connectivity index (χ1v) is 5.25. The molecule has 0 saturated carbocycles. The molecular formula is C12H14O5. The van der Waals surface area contributed by atoms with Gasteiger partial charge >= 0.3 is 11.9 Å². The van der Waals surface area contributed by atoms with E-state index in [0.717, 1.165) is 0 Å². The normalized spacial score (nSPS) is 16.7. The maximum atomic E-state index is 11.4. The molecule has 5 nitrogen and oxygen atoms in total. The van der Waals surface area contributed by atoms with E-state index in [4.69, 9.17) is 9.47 Å². The topological polar surface area (TPSA) is 69.7 Å². The Kier molecular flexibility index (Phi) is 4.20. The number of hydrogen-bond acceptors (Lipinski definition) is 5. The summed E-state index contributed by atoms with van der Waals surface area (Å²) in [7, 11) is 0. The van der Waals surface area contributed by atoms with E-state index in [9.17, 15) is 14.4 Å². The predicted octanol–water partition coefficient (Wildman–Crippen LogP) is 0.937. The van der Waals surface area contributed by atoms with Crippen LogP contribution >= 0.6 is 0 Å². The zero-order valence-corrected chi connectivity index (χ0v) is 9.76. The fourth-order valence-corrected chi connectivity index (χ4v) is 1.48. The van der Waals surface area contributed by atoms with Crippen LogP contribution in [0.2, 0.25) is 0 Å². The van der Waals surface area contributed by atoms with Gasteiger partial charge in [-0.2, -0.15) is 0 Å². The van der Waals surface area contributed by atoms with E-state index in [2.05, 4.69) is 0 Å². The van der Waals surface area contributed by atoms with Gasteiger partial charge in [0.2, 0.25) is 0 Å². The lowest BCUT2D eigenvalue weighted by molar-refractivity contribution is -0.156.